The maximum Gasteiger partial charge on any atom is 0.363 e. The average Bonchev–Trinajstić information content (AvgIpc) is 3.16. The molecule has 6 nitrogen and oxygen atoms in total. The number of nitrogens with zero attached hydrogens (tertiary/aromatic N) is 1. The molecule has 0 atom stereocenters. The van der Waals surface area contributed by atoms with Crippen molar-refractivity contribution in [3.63, 3.8) is 0 Å². The molecule has 0 fully saturated rings. The van der Waals surface area contributed by atoms with Gasteiger partial charge in [0, 0.05) is 5.56 Å². The highest BCUT2D eigenvalue weighted by Crippen LogP contribution is 2.29. The molecule has 0 bridgehead atoms. The van der Waals surface area contributed by atoms with E-state index < -0.39 is 11.9 Å². The topological polar surface area (TPSA) is 74.2 Å². The SMILES string of the molecule is COc1cccc(C(=O)Oc2ccc(/C=C3/N=C(c4ccccc4)OC3=O)cc2Br)c1. The van der Waals surface area contributed by atoms with Gasteiger partial charge in [-0.1, -0.05) is 30.3 Å². The Kier molecular flexibility index (Phi) is 5.95. The van der Waals surface area contributed by atoms with Crippen molar-refractivity contribution in [2.24, 2.45) is 4.99 Å². The number of methoxy groups -OCH3 is 1. The first-order chi connectivity index (χ1) is 15.0. The largest absolute Gasteiger partial charge is 0.497 e. The van der Waals surface area contributed by atoms with Crippen LogP contribution in [0.2, 0.25) is 0 Å². The van der Waals surface area contributed by atoms with Crippen molar-refractivity contribution in [3.05, 3.63) is 99.7 Å². The quantitative estimate of drug-likeness (QED) is 0.293. The van der Waals surface area contributed by atoms with Crippen LogP contribution in [0.15, 0.2) is 88.0 Å². The highest BCUT2D eigenvalue weighted by Gasteiger charge is 2.24. The number of ether oxygens (including phenoxy) is 3. The number of rotatable bonds is 5. The van der Waals surface area contributed by atoms with Gasteiger partial charge in [0.05, 0.1) is 17.1 Å². The van der Waals surface area contributed by atoms with Crippen LogP contribution in [-0.2, 0) is 9.53 Å². The van der Waals surface area contributed by atoms with Gasteiger partial charge in [0.1, 0.15) is 11.5 Å². The summed E-state index contributed by atoms with van der Waals surface area (Å²) in [5.74, 6) is 0.136. The molecule has 0 saturated carbocycles. The average molecular weight is 478 g/mol. The molecule has 0 spiro atoms. The van der Waals surface area contributed by atoms with Gasteiger partial charge < -0.3 is 14.2 Å². The number of halogens is 1. The van der Waals surface area contributed by atoms with Crippen LogP contribution in [0.5, 0.6) is 11.5 Å². The molecule has 0 radical (unpaired) electrons. The number of hydrogen-bond donors (Lipinski definition) is 0. The number of cyclic esters (lactones) is 1. The molecular formula is C24H16BrNO5. The fraction of sp³-hybridized carbons (Fsp3) is 0.0417. The van der Waals surface area contributed by atoms with E-state index in [4.69, 9.17) is 14.2 Å². The third-order valence-electron chi connectivity index (χ3n) is 4.41. The van der Waals surface area contributed by atoms with Crippen LogP contribution in [0.25, 0.3) is 6.08 Å². The molecule has 7 heteroatoms. The summed E-state index contributed by atoms with van der Waals surface area (Å²) in [6.45, 7) is 0. The molecule has 31 heavy (non-hydrogen) atoms. The maximum atomic E-state index is 12.4. The minimum Gasteiger partial charge on any atom is -0.497 e. The van der Waals surface area contributed by atoms with Crippen LogP contribution in [0.1, 0.15) is 21.5 Å². The maximum absolute atomic E-state index is 12.4. The summed E-state index contributed by atoms with van der Waals surface area (Å²) in [5.41, 5.74) is 1.97. The van der Waals surface area contributed by atoms with Crippen LogP contribution in [-0.4, -0.2) is 24.9 Å². The minimum absolute atomic E-state index is 0.187. The number of aliphatic imine (C=N–C) groups is 1. The molecule has 3 aromatic rings. The van der Waals surface area contributed by atoms with Crippen molar-refractivity contribution in [2.75, 3.05) is 7.11 Å². The number of hydrogen-bond acceptors (Lipinski definition) is 6. The van der Waals surface area contributed by atoms with Crippen molar-refractivity contribution >= 4 is 39.8 Å². The van der Waals surface area contributed by atoms with E-state index in [1.165, 1.54) is 7.11 Å². The lowest BCUT2D eigenvalue weighted by Gasteiger charge is -2.08. The molecule has 0 amide bonds. The highest BCUT2D eigenvalue weighted by molar-refractivity contribution is 9.10. The Morgan fingerprint density at radius 3 is 2.58 bits per heavy atom. The molecule has 0 unspecified atom stereocenters. The number of carbonyl (C=O) groups excluding carboxylic acids is 2. The van der Waals surface area contributed by atoms with E-state index in [1.54, 1.807) is 48.5 Å². The van der Waals surface area contributed by atoms with Gasteiger partial charge in [0.25, 0.3) is 0 Å². The van der Waals surface area contributed by atoms with Crippen LogP contribution in [0, 0.1) is 0 Å². The fourth-order valence-corrected chi connectivity index (χ4v) is 3.35. The van der Waals surface area contributed by atoms with Gasteiger partial charge in [-0.05, 0) is 70.0 Å². The fourth-order valence-electron chi connectivity index (χ4n) is 2.87. The van der Waals surface area contributed by atoms with E-state index in [2.05, 4.69) is 20.9 Å². The summed E-state index contributed by atoms with van der Waals surface area (Å²) >= 11 is 3.41. The molecule has 3 aromatic carbocycles. The second-order valence-corrected chi connectivity index (χ2v) is 7.37. The third kappa shape index (κ3) is 4.73. The summed E-state index contributed by atoms with van der Waals surface area (Å²) < 4.78 is 16.4. The van der Waals surface area contributed by atoms with E-state index in [0.29, 0.717) is 27.1 Å². The van der Waals surface area contributed by atoms with Crippen LogP contribution >= 0.6 is 15.9 Å². The summed E-state index contributed by atoms with van der Waals surface area (Å²) in [6, 6.07) is 21.0. The van der Waals surface area contributed by atoms with Gasteiger partial charge in [-0.15, -0.1) is 0 Å². The second kappa shape index (κ2) is 8.97. The molecular weight excluding hydrogens is 462 g/mol. The molecule has 1 aliphatic rings. The molecule has 0 aromatic heterocycles. The Labute approximate surface area is 186 Å². The summed E-state index contributed by atoms with van der Waals surface area (Å²) in [6.07, 6.45) is 1.61. The molecule has 154 valence electrons. The predicted molar refractivity (Wildman–Crippen MR) is 119 cm³/mol. The van der Waals surface area contributed by atoms with E-state index in [0.717, 1.165) is 5.56 Å². The lowest BCUT2D eigenvalue weighted by atomic mass is 10.2. The van der Waals surface area contributed by atoms with E-state index in [1.807, 2.05) is 30.3 Å². The molecule has 1 heterocycles. The Balaban J connectivity index is 1.53. The Morgan fingerprint density at radius 1 is 1.03 bits per heavy atom. The summed E-state index contributed by atoms with van der Waals surface area (Å²) in [5, 5.41) is 0. The van der Waals surface area contributed by atoms with Crippen molar-refractivity contribution in [2.45, 2.75) is 0 Å². The van der Waals surface area contributed by atoms with Crippen LogP contribution in [0.4, 0.5) is 0 Å². The lowest BCUT2D eigenvalue weighted by molar-refractivity contribution is -0.129. The molecule has 0 saturated heterocycles. The van der Waals surface area contributed by atoms with Crippen LogP contribution < -0.4 is 9.47 Å². The van der Waals surface area contributed by atoms with E-state index in [-0.39, 0.29) is 11.6 Å². The zero-order chi connectivity index (χ0) is 21.8. The van der Waals surface area contributed by atoms with Crippen LogP contribution in [0.3, 0.4) is 0 Å². The summed E-state index contributed by atoms with van der Waals surface area (Å²) in [4.78, 5) is 28.9. The first kappa shape index (κ1) is 20.6. The minimum atomic E-state index is -0.525. The number of esters is 2. The smallest absolute Gasteiger partial charge is 0.363 e. The third-order valence-corrected chi connectivity index (χ3v) is 5.03. The molecule has 1 aliphatic heterocycles. The highest BCUT2D eigenvalue weighted by atomic mass is 79.9. The zero-order valence-electron chi connectivity index (χ0n) is 16.4. The van der Waals surface area contributed by atoms with Crippen molar-refractivity contribution in [1.29, 1.82) is 0 Å². The van der Waals surface area contributed by atoms with Gasteiger partial charge in [-0.2, -0.15) is 0 Å². The van der Waals surface area contributed by atoms with Gasteiger partial charge in [0.2, 0.25) is 5.90 Å². The van der Waals surface area contributed by atoms with E-state index >= 15 is 0 Å². The first-order valence-corrected chi connectivity index (χ1v) is 10.1. The van der Waals surface area contributed by atoms with Crippen molar-refractivity contribution in [1.82, 2.24) is 0 Å². The van der Waals surface area contributed by atoms with E-state index in [9.17, 15) is 9.59 Å². The molecule has 4 rings (SSSR count). The summed E-state index contributed by atoms with van der Waals surface area (Å²) in [7, 11) is 1.53. The zero-order valence-corrected chi connectivity index (χ0v) is 18.0. The number of carbonyl (C=O) groups is 2. The van der Waals surface area contributed by atoms with Gasteiger partial charge >= 0.3 is 11.9 Å². The first-order valence-electron chi connectivity index (χ1n) is 9.27. The van der Waals surface area contributed by atoms with Crippen molar-refractivity contribution < 1.29 is 23.8 Å². The standard InChI is InChI=1S/C24H16BrNO5/c1-29-18-9-5-8-17(14-18)23(27)30-21-11-10-15(12-19(21)25)13-20-24(28)31-22(26-20)16-6-3-2-4-7-16/h2-14H,1H3/b20-13+. The Morgan fingerprint density at radius 2 is 1.84 bits per heavy atom. The second-order valence-electron chi connectivity index (χ2n) is 6.51. The predicted octanol–water partition coefficient (Wildman–Crippen LogP) is 5.02. The Bertz CT molecular complexity index is 1220. The molecule has 0 N–H and O–H groups in total. The normalized spacial score (nSPS) is 14.2. The van der Waals surface area contributed by atoms with Gasteiger partial charge in [-0.3, -0.25) is 0 Å². The Hall–Kier alpha value is -3.71. The monoisotopic (exact) mass is 477 g/mol. The van der Waals surface area contributed by atoms with Gasteiger partial charge in [0.15, 0.2) is 5.70 Å². The number of benzene rings is 3. The van der Waals surface area contributed by atoms with Gasteiger partial charge in [-0.25, -0.2) is 14.6 Å². The lowest BCUT2D eigenvalue weighted by Crippen LogP contribution is -2.09. The molecule has 0 aliphatic carbocycles. The van der Waals surface area contributed by atoms with Crippen molar-refractivity contribution in [3.8, 4) is 11.5 Å².